The molecule has 418 valence electrons. The molecule has 6 amide bonds. The van der Waals surface area contributed by atoms with Crippen molar-refractivity contribution in [3.05, 3.63) is 119 Å². The summed E-state index contributed by atoms with van der Waals surface area (Å²) in [5.41, 5.74) is 16.1. The number of carbonyl (C=O) groups excluding carboxylic acids is 8. The molecule has 3 aliphatic heterocycles. The molecular formula is C60H72ClN9O9. The van der Waals surface area contributed by atoms with Crippen molar-refractivity contribution in [2.24, 2.45) is 17.4 Å². The van der Waals surface area contributed by atoms with E-state index in [4.69, 9.17) is 27.8 Å². The molecule has 3 aliphatic rings. The Morgan fingerprint density at radius 3 is 2.16 bits per heavy atom. The average molecular weight is 1100 g/mol. The highest BCUT2D eigenvalue weighted by atomic mass is 35.5. The number of Topliss-reactive ketones (excluding diaryl/α,β-unsaturated/α-hetero) is 2. The maximum absolute atomic E-state index is 14.5. The zero-order valence-electron chi connectivity index (χ0n) is 44.9. The third kappa shape index (κ3) is 14.7. The quantitative estimate of drug-likeness (QED) is 0.0163. The topological polar surface area (TPSA) is 251 Å². The number of rotatable bonds is 27. The molecule has 3 atom stereocenters. The van der Waals surface area contributed by atoms with Crippen molar-refractivity contribution in [2.45, 2.75) is 89.0 Å². The van der Waals surface area contributed by atoms with Gasteiger partial charge in [0.2, 0.25) is 11.8 Å². The van der Waals surface area contributed by atoms with Crippen LogP contribution in [0, 0.1) is 5.92 Å². The van der Waals surface area contributed by atoms with E-state index in [9.17, 15) is 38.4 Å². The minimum Gasteiger partial charge on any atom is -0.409 e. The fraction of sp³-hybridized carbons (Fsp3) is 0.433. The SMILES string of the molecule is CN1CCN(C(=O)Oc2cc3c(c4ccccc24)[C@H](CCl)CN3C(=O)c2cc3cc(CC(=O)c4ccc(CC(=O)[C@H](CCCCN)NC(=O)[C@H](CCCCN)CCCNC(=O)CCCN5C(=O)C=CC5=O)cc4)ccc3[nH]2)CC1. The second-order valence-electron chi connectivity index (χ2n) is 20.9. The van der Waals surface area contributed by atoms with Gasteiger partial charge in [-0.15, -0.1) is 11.6 Å². The lowest BCUT2D eigenvalue weighted by Crippen LogP contribution is -2.48. The highest BCUT2D eigenvalue weighted by Crippen LogP contribution is 2.46. The molecule has 1 saturated heterocycles. The number of hydrogen-bond acceptors (Lipinski definition) is 12. The Hall–Kier alpha value is -7.25. The molecule has 8 rings (SSSR count). The summed E-state index contributed by atoms with van der Waals surface area (Å²) in [6.45, 7) is 4.39. The molecule has 4 aromatic carbocycles. The van der Waals surface area contributed by atoms with Gasteiger partial charge in [0.05, 0.1) is 11.7 Å². The monoisotopic (exact) mass is 1100 g/mol. The van der Waals surface area contributed by atoms with Gasteiger partial charge in [-0.25, -0.2) is 4.79 Å². The van der Waals surface area contributed by atoms with Crippen molar-refractivity contribution in [3.63, 3.8) is 0 Å². The Morgan fingerprint density at radius 2 is 1.46 bits per heavy atom. The lowest BCUT2D eigenvalue weighted by molar-refractivity contribution is -0.137. The number of benzene rings is 4. The van der Waals surface area contributed by atoms with E-state index in [1.807, 2.05) is 49.5 Å². The highest BCUT2D eigenvalue weighted by Gasteiger charge is 2.36. The molecule has 0 spiro atoms. The summed E-state index contributed by atoms with van der Waals surface area (Å²) >= 11 is 6.58. The van der Waals surface area contributed by atoms with E-state index in [1.165, 1.54) is 12.2 Å². The van der Waals surface area contributed by atoms with E-state index >= 15 is 0 Å². The first-order chi connectivity index (χ1) is 38.2. The number of aromatic amines is 1. The maximum Gasteiger partial charge on any atom is 0.415 e. The second-order valence-corrected chi connectivity index (χ2v) is 21.2. The van der Waals surface area contributed by atoms with E-state index in [1.54, 1.807) is 46.2 Å². The van der Waals surface area contributed by atoms with Gasteiger partial charge >= 0.3 is 6.09 Å². The lowest BCUT2D eigenvalue weighted by atomic mass is 9.93. The standard InChI is InChI=1S/C60H72ClN9O9/c1-67-28-30-68(31-29-67)60(78)79-53-36-50-57(46-13-3-2-12-45(46)53)44(37-61)38-70(50)59(77)49-35-43-32-40(18-21-47(43)65-49)34-51(71)41-19-16-39(17-20-41)33-52(72)48(14-5-7-25-63)66-58(76)42(10-4-6-24-62)11-8-26-64-54(73)15-9-27-69-55(74)22-23-56(69)75/h2-3,12-13,16-23,32,35-36,42,44,48,65H,4-11,14-15,24-31,33-34,37-38,62-63H2,1H3,(H,64,73)(H,66,76)/t42-,44-,48+/m1/s1. The molecule has 0 radical (unpaired) electrons. The third-order valence-corrected chi connectivity index (χ3v) is 15.6. The smallest absolute Gasteiger partial charge is 0.409 e. The van der Waals surface area contributed by atoms with E-state index < -0.39 is 18.1 Å². The molecular weight excluding hydrogens is 1030 g/mol. The van der Waals surface area contributed by atoms with Gasteiger partial charge in [0.1, 0.15) is 11.4 Å². The number of fused-ring (bicyclic) bond motifs is 4. The predicted octanol–water partition coefficient (Wildman–Crippen LogP) is 6.55. The molecule has 1 aromatic heterocycles. The van der Waals surface area contributed by atoms with E-state index in [0.717, 1.165) is 63.6 Å². The Bertz CT molecular complexity index is 3060. The number of ketones is 2. The first-order valence-corrected chi connectivity index (χ1v) is 28.1. The zero-order valence-corrected chi connectivity index (χ0v) is 45.7. The van der Waals surface area contributed by atoms with Crippen LogP contribution in [0.2, 0.25) is 0 Å². The van der Waals surface area contributed by atoms with Crippen molar-refractivity contribution in [1.29, 1.82) is 0 Å². The fourth-order valence-corrected chi connectivity index (χ4v) is 10.9. The number of piperazine rings is 1. The van der Waals surface area contributed by atoms with Crippen LogP contribution < -0.4 is 31.7 Å². The molecule has 1 fully saturated rings. The van der Waals surface area contributed by atoms with Crippen LogP contribution >= 0.6 is 11.6 Å². The number of amides is 6. The Labute approximate surface area is 465 Å². The fourth-order valence-electron chi connectivity index (χ4n) is 10.7. The number of alkyl halides is 1. The minimum absolute atomic E-state index is 0.0470. The highest BCUT2D eigenvalue weighted by molar-refractivity contribution is 6.19. The largest absolute Gasteiger partial charge is 0.415 e. The molecule has 0 bridgehead atoms. The van der Waals surface area contributed by atoms with Crippen molar-refractivity contribution in [1.82, 2.24) is 30.3 Å². The number of ether oxygens (including phenoxy) is 1. The Balaban J connectivity index is 0.867. The number of anilines is 1. The van der Waals surface area contributed by atoms with Gasteiger partial charge < -0.3 is 46.5 Å². The summed E-state index contributed by atoms with van der Waals surface area (Å²) in [7, 11) is 2.02. The van der Waals surface area contributed by atoms with Crippen molar-refractivity contribution < 1.29 is 43.1 Å². The normalized spacial score (nSPS) is 16.2. The number of nitrogens with two attached hydrogens (primary N) is 2. The van der Waals surface area contributed by atoms with Crippen LogP contribution in [0.5, 0.6) is 5.75 Å². The third-order valence-electron chi connectivity index (χ3n) is 15.2. The molecule has 0 aliphatic carbocycles. The summed E-state index contributed by atoms with van der Waals surface area (Å²) in [5.74, 6) is -1.65. The van der Waals surface area contributed by atoms with Crippen molar-refractivity contribution in [2.75, 3.05) is 76.7 Å². The van der Waals surface area contributed by atoms with Gasteiger partial charge in [0, 0.05) is 123 Å². The van der Waals surface area contributed by atoms with Crippen LogP contribution in [0.1, 0.15) is 108 Å². The van der Waals surface area contributed by atoms with Gasteiger partial charge in [0.15, 0.2) is 11.6 Å². The van der Waals surface area contributed by atoms with Crippen LogP contribution in [0.15, 0.2) is 91.0 Å². The minimum atomic E-state index is -0.744. The van der Waals surface area contributed by atoms with Crippen LogP contribution in [-0.2, 0) is 36.8 Å². The van der Waals surface area contributed by atoms with Gasteiger partial charge in [-0.1, -0.05) is 61.0 Å². The van der Waals surface area contributed by atoms with Crippen LogP contribution in [0.25, 0.3) is 21.7 Å². The maximum atomic E-state index is 14.5. The van der Waals surface area contributed by atoms with Crippen LogP contribution in [0.4, 0.5) is 10.5 Å². The van der Waals surface area contributed by atoms with E-state index in [-0.39, 0.29) is 78.7 Å². The second kappa shape index (κ2) is 27.6. The molecule has 7 N–H and O–H groups in total. The van der Waals surface area contributed by atoms with Gasteiger partial charge in [-0.05, 0) is 112 Å². The Kier molecular flexibility index (Phi) is 20.2. The molecule has 79 heavy (non-hydrogen) atoms. The number of imide groups is 1. The summed E-state index contributed by atoms with van der Waals surface area (Å²) in [5, 5.41) is 8.31. The number of H-pyrrole nitrogens is 1. The van der Waals surface area contributed by atoms with Crippen molar-refractivity contribution in [3.8, 4) is 5.75 Å². The van der Waals surface area contributed by atoms with Crippen LogP contribution in [-0.4, -0.2) is 145 Å². The summed E-state index contributed by atoms with van der Waals surface area (Å²) in [6, 6.07) is 23.1. The molecule has 4 heterocycles. The number of nitrogens with one attached hydrogen (secondary N) is 3. The number of unbranched alkanes of at least 4 members (excludes halogenated alkanes) is 2. The number of hydrogen-bond donors (Lipinski definition) is 5. The van der Waals surface area contributed by atoms with Crippen LogP contribution in [0.3, 0.4) is 0 Å². The predicted molar refractivity (Wildman–Crippen MR) is 304 cm³/mol. The molecule has 0 unspecified atom stereocenters. The number of nitrogens with zero attached hydrogens (tertiary/aromatic N) is 4. The first kappa shape index (κ1) is 57.9. The van der Waals surface area contributed by atoms with E-state index in [2.05, 4.69) is 20.5 Å². The Morgan fingerprint density at radius 1 is 0.772 bits per heavy atom. The van der Waals surface area contributed by atoms with Crippen molar-refractivity contribution >= 4 is 86.2 Å². The van der Waals surface area contributed by atoms with Gasteiger partial charge in [-0.2, -0.15) is 0 Å². The van der Waals surface area contributed by atoms with Gasteiger partial charge in [-0.3, -0.25) is 38.5 Å². The summed E-state index contributed by atoms with van der Waals surface area (Å²) in [6.07, 6.45) is 7.45. The molecule has 18 nitrogen and oxygen atoms in total. The average Bonchev–Trinajstić information content (AvgIpc) is 4.38. The zero-order chi connectivity index (χ0) is 56.0. The number of carbonyl (C=O) groups is 8. The number of halogens is 1. The summed E-state index contributed by atoms with van der Waals surface area (Å²) in [4.78, 5) is 115. The molecule has 0 saturated carbocycles. The number of likely N-dealkylation sites (N-methyl/N-ethyl adjacent to an activating group) is 1. The summed E-state index contributed by atoms with van der Waals surface area (Å²) < 4.78 is 6.07. The van der Waals surface area contributed by atoms with Gasteiger partial charge in [0.25, 0.3) is 17.7 Å². The molecule has 5 aromatic rings. The first-order valence-electron chi connectivity index (χ1n) is 27.6. The molecule has 19 heteroatoms. The number of aromatic nitrogens is 1. The van der Waals surface area contributed by atoms with E-state index in [0.29, 0.717) is 112 Å². The lowest BCUT2D eigenvalue weighted by Gasteiger charge is -2.31.